The third-order valence-electron chi connectivity index (χ3n) is 3.79. The molecular formula is C16H21N5S. The van der Waals surface area contributed by atoms with Gasteiger partial charge in [0.1, 0.15) is 10.0 Å². The standard InChI is InChI=1S/C16H21N5S/c1-10-19-20-16(22-10)15(17)11-4-5-14-13(8-11)12(9-18-14)6-7-21(2)3/h4-5,8-9,15,18H,6-7,17H2,1-3H3. The van der Waals surface area contributed by atoms with E-state index in [9.17, 15) is 0 Å². The molecule has 0 aliphatic rings. The first-order valence-electron chi connectivity index (χ1n) is 7.35. The molecule has 0 aliphatic carbocycles. The van der Waals surface area contributed by atoms with Crippen LogP contribution in [-0.4, -0.2) is 40.7 Å². The Bertz CT molecular complexity index is 774. The average Bonchev–Trinajstić information content (AvgIpc) is 3.10. The number of nitrogens with two attached hydrogens (primary N) is 1. The first kappa shape index (κ1) is 15.1. The summed E-state index contributed by atoms with van der Waals surface area (Å²) in [5, 5.41) is 11.3. The number of hydrogen-bond donors (Lipinski definition) is 2. The Labute approximate surface area is 134 Å². The van der Waals surface area contributed by atoms with Gasteiger partial charge in [-0.15, -0.1) is 10.2 Å². The fraction of sp³-hybridized carbons (Fsp3) is 0.375. The lowest BCUT2D eigenvalue weighted by Gasteiger charge is -2.10. The van der Waals surface area contributed by atoms with Gasteiger partial charge in [0.05, 0.1) is 6.04 Å². The van der Waals surface area contributed by atoms with Crippen molar-refractivity contribution in [1.29, 1.82) is 0 Å². The average molecular weight is 315 g/mol. The number of benzene rings is 1. The van der Waals surface area contributed by atoms with Gasteiger partial charge < -0.3 is 15.6 Å². The molecule has 0 aliphatic heterocycles. The molecule has 1 unspecified atom stereocenters. The zero-order chi connectivity index (χ0) is 15.7. The van der Waals surface area contributed by atoms with Crippen LogP contribution in [0.25, 0.3) is 10.9 Å². The molecule has 3 N–H and O–H groups in total. The minimum absolute atomic E-state index is 0.216. The van der Waals surface area contributed by atoms with Crippen LogP contribution in [0.3, 0.4) is 0 Å². The van der Waals surface area contributed by atoms with Crippen LogP contribution in [0, 0.1) is 6.92 Å². The maximum atomic E-state index is 6.35. The Morgan fingerprint density at radius 1 is 1.32 bits per heavy atom. The second-order valence-electron chi connectivity index (χ2n) is 5.81. The number of H-pyrrole nitrogens is 1. The molecule has 5 nitrogen and oxygen atoms in total. The molecule has 0 amide bonds. The number of likely N-dealkylation sites (N-methyl/N-ethyl adjacent to an activating group) is 1. The second-order valence-corrected chi connectivity index (χ2v) is 7.02. The fourth-order valence-electron chi connectivity index (χ4n) is 2.52. The molecule has 0 fully saturated rings. The molecular weight excluding hydrogens is 294 g/mol. The first-order chi connectivity index (χ1) is 10.5. The lowest BCUT2D eigenvalue weighted by atomic mass is 10.0. The molecule has 0 saturated carbocycles. The molecule has 0 bridgehead atoms. The monoisotopic (exact) mass is 315 g/mol. The van der Waals surface area contributed by atoms with Crippen molar-refractivity contribution in [2.24, 2.45) is 5.73 Å². The topological polar surface area (TPSA) is 70.8 Å². The summed E-state index contributed by atoms with van der Waals surface area (Å²) in [6, 6.07) is 6.12. The minimum atomic E-state index is -0.216. The summed E-state index contributed by atoms with van der Waals surface area (Å²) in [5.74, 6) is 0. The summed E-state index contributed by atoms with van der Waals surface area (Å²) in [5.41, 5.74) is 9.91. The SMILES string of the molecule is Cc1nnc(C(N)c2ccc3[nH]cc(CCN(C)C)c3c2)s1. The number of rotatable bonds is 5. The van der Waals surface area contributed by atoms with Crippen molar-refractivity contribution >= 4 is 22.2 Å². The van der Waals surface area contributed by atoms with Crippen LogP contribution in [-0.2, 0) is 6.42 Å². The molecule has 0 spiro atoms. The Balaban J connectivity index is 1.92. The number of hydrogen-bond acceptors (Lipinski definition) is 5. The highest BCUT2D eigenvalue weighted by atomic mass is 32.1. The van der Waals surface area contributed by atoms with Crippen LogP contribution in [0.15, 0.2) is 24.4 Å². The molecule has 1 atom stereocenters. The molecule has 3 rings (SSSR count). The van der Waals surface area contributed by atoms with Crippen molar-refractivity contribution in [3.05, 3.63) is 45.5 Å². The van der Waals surface area contributed by atoms with Crippen molar-refractivity contribution in [3.8, 4) is 0 Å². The van der Waals surface area contributed by atoms with E-state index in [0.717, 1.165) is 34.1 Å². The molecule has 1 aromatic carbocycles. The van der Waals surface area contributed by atoms with Gasteiger partial charge in [-0.2, -0.15) is 0 Å². The van der Waals surface area contributed by atoms with Gasteiger partial charge in [-0.05, 0) is 50.7 Å². The summed E-state index contributed by atoms with van der Waals surface area (Å²) in [6.07, 6.45) is 3.11. The van der Waals surface area contributed by atoms with E-state index in [1.54, 1.807) is 11.3 Å². The number of aromatic amines is 1. The molecule has 0 saturated heterocycles. The van der Waals surface area contributed by atoms with Crippen molar-refractivity contribution < 1.29 is 0 Å². The van der Waals surface area contributed by atoms with E-state index in [1.807, 2.05) is 6.92 Å². The fourth-order valence-corrected chi connectivity index (χ4v) is 3.25. The van der Waals surface area contributed by atoms with Gasteiger partial charge in [-0.3, -0.25) is 0 Å². The van der Waals surface area contributed by atoms with Gasteiger partial charge >= 0.3 is 0 Å². The van der Waals surface area contributed by atoms with E-state index in [4.69, 9.17) is 5.73 Å². The Morgan fingerprint density at radius 2 is 2.14 bits per heavy atom. The predicted octanol–water partition coefficient (Wildman–Crippen LogP) is 2.48. The summed E-state index contributed by atoms with van der Waals surface area (Å²) in [4.78, 5) is 5.53. The molecule has 22 heavy (non-hydrogen) atoms. The summed E-state index contributed by atoms with van der Waals surface area (Å²) in [6.45, 7) is 2.97. The molecule has 2 aromatic heterocycles. The Hall–Kier alpha value is -1.76. The van der Waals surface area contributed by atoms with Crippen LogP contribution in [0.2, 0.25) is 0 Å². The maximum absolute atomic E-state index is 6.35. The van der Waals surface area contributed by atoms with E-state index in [0.29, 0.717) is 0 Å². The predicted molar refractivity (Wildman–Crippen MR) is 91.2 cm³/mol. The highest BCUT2D eigenvalue weighted by Crippen LogP contribution is 2.27. The first-order valence-corrected chi connectivity index (χ1v) is 8.16. The highest BCUT2D eigenvalue weighted by Gasteiger charge is 2.15. The van der Waals surface area contributed by atoms with Crippen LogP contribution >= 0.6 is 11.3 Å². The van der Waals surface area contributed by atoms with E-state index >= 15 is 0 Å². The molecule has 0 radical (unpaired) electrons. The van der Waals surface area contributed by atoms with Gasteiger partial charge in [0.25, 0.3) is 0 Å². The molecule has 6 heteroatoms. The van der Waals surface area contributed by atoms with Crippen molar-refractivity contribution in [3.63, 3.8) is 0 Å². The van der Waals surface area contributed by atoms with E-state index in [1.165, 1.54) is 10.9 Å². The van der Waals surface area contributed by atoms with Gasteiger partial charge in [0.2, 0.25) is 0 Å². The summed E-state index contributed by atoms with van der Waals surface area (Å²) < 4.78 is 0. The smallest absolute Gasteiger partial charge is 0.138 e. The number of aryl methyl sites for hydroxylation is 1. The Morgan fingerprint density at radius 3 is 2.82 bits per heavy atom. The van der Waals surface area contributed by atoms with Crippen LogP contribution in [0.1, 0.15) is 27.2 Å². The number of nitrogens with one attached hydrogen (secondary N) is 1. The van der Waals surface area contributed by atoms with Crippen LogP contribution in [0.4, 0.5) is 0 Å². The van der Waals surface area contributed by atoms with Gasteiger partial charge in [0, 0.05) is 23.6 Å². The normalized spacial score (nSPS) is 13.1. The van der Waals surface area contributed by atoms with E-state index in [-0.39, 0.29) is 6.04 Å². The third kappa shape index (κ3) is 3.04. The number of aromatic nitrogens is 3. The highest BCUT2D eigenvalue weighted by molar-refractivity contribution is 7.11. The maximum Gasteiger partial charge on any atom is 0.138 e. The minimum Gasteiger partial charge on any atom is -0.361 e. The second kappa shape index (κ2) is 6.16. The molecule has 3 aromatic rings. The number of fused-ring (bicyclic) bond motifs is 1. The zero-order valence-corrected chi connectivity index (χ0v) is 13.9. The quantitative estimate of drug-likeness (QED) is 0.759. The lowest BCUT2D eigenvalue weighted by Crippen LogP contribution is -2.15. The van der Waals surface area contributed by atoms with Gasteiger partial charge in [-0.25, -0.2) is 0 Å². The van der Waals surface area contributed by atoms with Gasteiger partial charge in [0.15, 0.2) is 0 Å². The van der Waals surface area contributed by atoms with E-state index < -0.39 is 0 Å². The Kier molecular flexibility index (Phi) is 4.24. The van der Waals surface area contributed by atoms with Crippen molar-refractivity contribution in [1.82, 2.24) is 20.1 Å². The molecule has 116 valence electrons. The number of nitrogens with zero attached hydrogens (tertiary/aromatic N) is 3. The zero-order valence-electron chi connectivity index (χ0n) is 13.1. The summed E-state index contributed by atoms with van der Waals surface area (Å²) >= 11 is 1.55. The third-order valence-corrected chi connectivity index (χ3v) is 4.71. The van der Waals surface area contributed by atoms with Crippen LogP contribution in [0.5, 0.6) is 0 Å². The summed E-state index contributed by atoms with van der Waals surface area (Å²) in [7, 11) is 4.18. The van der Waals surface area contributed by atoms with E-state index in [2.05, 4.69) is 58.6 Å². The molecule has 2 heterocycles. The van der Waals surface area contributed by atoms with Crippen molar-refractivity contribution in [2.45, 2.75) is 19.4 Å². The lowest BCUT2D eigenvalue weighted by molar-refractivity contribution is 0.414. The van der Waals surface area contributed by atoms with Crippen molar-refractivity contribution in [2.75, 3.05) is 20.6 Å². The van der Waals surface area contributed by atoms with Crippen LogP contribution < -0.4 is 5.73 Å². The largest absolute Gasteiger partial charge is 0.361 e. The van der Waals surface area contributed by atoms with Gasteiger partial charge in [-0.1, -0.05) is 17.4 Å².